The number of aliphatic hydroxyl groups is 4. The first-order valence-electron chi connectivity index (χ1n) is 13.9. The topological polar surface area (TPSA) is 143 Å². The Balaban J connectivity index is 2.42. The highest BCUT2D eigenvalue weighted by Gasteiger charge is 2.45. The van der Waals surface area contributed by atoms with Gasteiger partial charge in [-0.3, -0.25) is 9.59 Å². The molecule has 0 aromatic heterocycles. The van der Waals surface area contributed by atoms with E-state index in [0.717, 1.165) is 5.57 Å². The fraction of sp³-hybridized carbons (Fsp3) is 0.793. The van der Waals surface area contributed by atoms with Crippen molar-refractivity contribution in [2.45, 2.75) is 123 Å². The Morgan fingerprint density at radius 2 is 1.61 bits per heavy atom. The minimum atomic E-state index is -1.52. The Bertz CT molecular complexity index is 840. The number of allylic oxidation sites excluding steroid dienone is 3. The summed E-state index contributed by atoms with van der Waals surface area (Å²) < 4.78 is 17.6. The maximum atomic E-state index is 13.0. The lowest BCUT2D eigenvalue weighted by molar-refractivity contribution is -0.314. The van der Waals surface area contributed by atoms with Gasteiger partial charge in [0.2, 0.25) is 0 Å². The average molecular weight is 541 g/mol. The predicted octanol–water partition coefficient (Wildman–Crippen LogP) is 2.68. The second-order valence-electron chi connectivity index (χ2n) is 11.2. The zero-order valence-corrected chi connectivity index (χ0v) is 23.8. The highest BCUT2D eigenvalue weighted by Crippen LogP contribution is 2.33. The first kappa shape index (κ1) is 32.6. The quantitative estimate of drug-likeness (QED) is 0.396. The molecule has 0 aromatic carbocycles. The molecule has 4 N–H and O–H groups in total. The van der Waals surface area contributed by atoms with Crippen molar-refractivity contribution in [2.24, 2.45) is 23.7 Å². The molecule has 1 fully saturated rings. The molecule has 1 saturated heterocycles. The Kier molecular flexibility index (Phi) is 12.6. The summed E-state index contributed by atoms with van der Waals surface area (Å²) in [5.74, 6) is -1.84. The molecule has 2 heterocycles. The maximum absolute atomic E-state index is 13.0. The highest BCUT2D eigenvalue weighted by molar-refractivity contribution is 5.91. The van der Waals surface area contributed by atoms with E-state index in [-0.39, 0.29) is 36.1 Å². The fourth-order valence-corrected chi connectivity index (χ4v) is 5.36. The third-order valence-corrected chi connectivity index (χ3v) is 8.04. The third-order valence-electron chi connectivity index (χ3n) is 8.04. The van der Waals surface area contributed by atoms with Gasteiger partial charge in [-0.1, -0.05) is 58.8 Å². The zero-order valence-electron chi connectivity index (χ0n) is 23.8. The molecular weight excluding hydrogens is 492 g/mol. The van der Waals surface area contributed by atoms with E-state index in [1.165, 1.54) is 0 Å². The molecule has 5 unspecified atom stereocenters. The highest BCUT2D eigenvalue weighted by atomic mass is 16.7. The second kappa shape index (κ2) is 14.7. The van der Waals surface area contributed by atoms with E-state index >= 15 is 0 Å². The van der Waals surface area contributed by atoms with Crippen LogP contribution in [0.15, 0.2) is 23.8 Å². The molecule has 0 radical (unpaired) electrons. The van der Waals surface area contributed by atoms with Crippen LogP contribution in [0.3, 0.4) is 0 Å². The minimum absolute atomic E-state index is 0.0394. The van der Waals surface area contributed by atoms with E-state index in [2.05, 4.69) is 0 Å². The average Bonchev–Trinajstić information content (AvgIpc) is 2.87. The lowest BCUT2D eigenvalue weighted by atomic mass is 9.80. The molecule has 0 amide bonds. The molecule has 218 valence electrons. The summed E-state index contributed by atoms with van der Waals surface area (Å²) in [5, 5.41) is 42.1. The number of aliphatic hydroxyl groups excluding tert-OH is 4. The summed E-state index contributed by atoms with van der Waals surface area (Å²) >= 11 is 0. The van der Waals surface area contributed by atoms with Gasteiger partial charge in [0.05, 0.1) is 24.7 Å². The molecule has 2 aliphatic rings. The van der Waals surface area contributed by atoms with E-state index in [4.69, 9.17) is 14.2 Å². The van der Waals surface area contributed by atoms with Crippen LogP contribution in [0, 0.1) is 23.7 Å². The van der Waals surface area contributed by atoms with Gasteiger partial charge in [-0.25, -0.2) is 0 Å². The Morgan fingerprint density at radius 1 is 0.947 bits per heavy atom. The van der Waals surface area contributed by atoms with E-state index in [0.29, 0.717) is 19.3 Å². The van der Waals surface area contributed by atoms with Crippen molar-refractivity contribution in [1.29, 1.82) is 0 Å². The van der Waals surface area contributed by atoms with Gasteiger partial charge in [0, 0.05) is 17.8 Å². The lowest BCUT2D eigenvalue weighted by Gasteiger charge is -2.43. The van der Waals surface area contributed by atoms with Crippen LogP contribution in [0.25, 0.3) is 0 Å². The van der Waals surface area contributed by atoms with Crippen molar-refractivity contribution in [3.8, 4) is 0 Å². The van der Waals surface area contributed by atoms with Crippen molar-refractivity contribution in [2.75, 3.05) is 0 Å². The normalized spacial score (nSPS) is 44.7. The molecule has 38 heavy (non-hydrogen) atoms. The molecule has 2 rings (SSSR count). The number of cyclic esters (lactones) is 1. The van der Waals surface area contributed by atoms with E-state index in [9.17, 15) is 30.0 Å². The van der Waals surface area contributed by atoms with Gasteiger partial charge in [-0.2, -0.15) is 0 Å². The Morgan fingerprint density at radius 3 is 2.21 bits per heavy atom. The molecule has 9 nitrogen and oxygen atoms in total. The number of carbonyl (C=O) groups is 2. The number of hydrogen-bond donors (Lipinski definition) is 4. The third kappa shape index (κ3) is 8.44. The van der Waals surface area contributed by atoms with Gasteiger partial charge in [-0.05, 0) is 38.7 Å². The van der Waals surface area contributed by atoms with Crippen LogP contribution in [-0.4, -0.2) is 81.2 Å². The van der Waals surface area contributed by atoms with Crippen LogP contribution in [0.2, 0.25) is 0 Å². The number of esters is 1. The monoisotopic (exact) mass is 540 g/mol. The van der Waals surface area contributed by atoms with E-state index < -0.39 is 54.8 Å². The maximum Gasteiger partial charge on any atom is 0.308 e. The summed E-state index contributed by atoms with van der Waals surface area (Å²) in [6.45, 7) is 12.9. The SMILES string of the molecule is CC[C@H]1C[C@@H](C)C(=O)/C=C/C(C)=C/[C@H](C)[C@@H](CC)OC(=O)C[C@@H](O)[C@H](C)[C@H]1OC1OC(C)C(O)C(O)C1O. The summed E-state index contributed by atoms with van der Waals surface area (Å²) in [4.78, 5) is 25.8. The van der Waals surface area contributed by atoms with Crippen molar-refractivity contribution < 1.29 is 44.2 Å². The number of rotatable bonds is 4. The summed E-state index contributed by atoms with van der Waals surface area (Å²) in [6.07, 6.45) is -1.88. The van der Waals surface area contributed by atoms with Gasteiger partial charge in [-0.15, -0.1) is 0 Å². The number of ketones is 1. The minimum Gasteiger partial charge on any atom is -0.462 e. The standard InChI is InChI=1S/C29H48O9/c1-8-20-13-16(4)21(30)11-10-15(3)12-17(5)23(9-2)37-24(32)14-22(31)18(6)28(20)38-29-27(35)26(34)25(33)19(7)36-29/h10-12,16-20,22-23,25-29,31,33-35H,8-9,13-14H2,1-7H3/b11-10+,15-12+/t16-,17+,18+,19?,20+,22-,23-,25?,26?,27?,28-,29?/m1/s1. The number of carbonyl (C=O) groups excluding carboxylic acids is 2. The van der Waals surface area contributed by atoms with Crippen LogP contribution >= 0.6 is 0 Å². The first-order chi connectivity index (χ1) is 17.8. The molecule has 0 bridgehead atoms. The van der Waals surface area contributed by atoms with Crippen molar-refractivity contribution in [3.05, 3.63) is 23.8 Å². The smallest absolute Gasteiger partial charge is 0.308 e. The van der Waals surface area contributed by atoms with Crippen molar-refractivity contribution >= 4 is 11.8 Å². The van der Waals surface area contributed by atoms with Gasteiger partial charge < -0.3 is 34.6 Å². The Labute approximate surface area is 226 Å². The fourth-order valence-electron chi connectivity index (χ4n) is 5.36. The summed E-state index contributed by atoms with van der Waals surface area (Å²) in [5.41, 5.74) is 0.889. The van der Waals surface area contributed by atoms with Crippen LogP contribution in [-0.2, 0) is 23.8 Å². The van der Waals surface area contributed by atoms with E-state index in [1.54, 1.807) is 26.0 Å². The van der Waals surface area contributed by atoms with Gasteiger partial charge in [0.25, 0.3) is 0 Å². The summed E-state index contributed by atoms with van der Waals surface area (Å²) in [7, 11) is 0. The molecular formula is C29H48O9. The molecule has 9 heteroatoms. The van der Waals surface area contributed by atoms with Crippen molar-refractivity contribution in [1.82, 2.24) is 0 Å². The molecule has 0 aliphatic carbocycles. The molecule has 0 spiro atoms. The molecule has 0 aromatic rings. The van der Waals surface area contributed by atoms with Gasteiger partial charge in [0.1, 0.15) is 24.4 Å². The largest absolute Gasteiger partial charge is 0.462 e. The van der Waals surface area contributed by atoms with Crippen LogP contribution in [0.1, 0.15) is 74.1 Å². The van der Waals surface area contributed by atoms with Gasteiger partial charge in [0.15, 0.2) is 12.1 Å². The first-order valence-corrected chi connectivity index (χ1v) is 13.9. The predicted molar refractivity (Wildman–Crippen MR) is 142 cm³/mol. The second-order valence-corrected chi connectivity index (χ2v) is 11.2. The number of hydrogen-bond acceptors (Lipinski definition) is 9. The molecule has 0 saturated carbocycles. The Hall–Kier alpha value is -1.62. The molecule has 12 atom stereocenters. The summed E-state index contributed by atoms with van der Waals surface area (Å²) in [6, 6.07) is 0. The van der Waals surface area contributed by atoms with Crippen LogP contribution < -0.4 is 0 Å². The van der Waals surface area contributed by atoms with Gasteiger partial charge >= 0.3 is 5.97 Å². The number of ether oxygens (including phenoxy) is 3. The van der Waals surface area contributed by atoms with Crippen LogP contribution in [0.5, 0.6) is 0 Å². The van der Waals surface area contributed by atoms with E-state index in [1.807, 2.05) is 40.7 Å². The molecule has 2 aliphatic heterocycles. The van der Waals surface area contributed by atoms with Crippen LogP contribution in [0.4, 0.5) is 0 Å². The van der Waals surface area contributed by atoms with Crippen molar-refractivity contribution in [3.63, 3.8) is 0 Å². The lowest BCUT2D eigenvalue weighted by Crippen LogP contribution is -2.59. The zero-order chi connectivity index (χ0) is 28.7.